The predicted octanol–water partition coefficient (Wildman–Crippen LogP) is 1.61. The van der Waals surface area contributed by atoms with Crippen LogP contribution in [0, 0.1) is 0 Å². The largest absolute Gasteiger partial charge is 0.480 e. The lowest BCUT2D eigenvalue weighted by atomic mass is 10.2. The van der Waals surface area contributed by atoms with Crippen LogP contribution in [0.3, 0.4) is 0 Å². The topological polar surface area (TPSA) is 95.7 Å². The number of anilines is 1. The molecule has 0 spiro atoms. The van der Waals surface area contributed by atoms with Crippen LogP contribution in [0.25, 0.3) is 11.1 Å². The lowest BCUT2D eigenvalue weighted by Crippen LogP contribution is -2.48. The van der Waals surface area contributed by atoms with Gasteiger partial charge in [-0.2, -0.15) is 17.6 Å². The summed E-state index contributed by atoms with van der Waals surface area (Å²) in [7, 11) is 0. The van der Waals surface area contributed by atoms with Gasteiger partial charge in [-0.25, -0.2) is 4.79 Å². The Hall–Kier alpha value is -2.22. The van der Waals surface area contributed by atoms with Gasteiger partial charge in [0, 0.05) is 12.3 Å². The van der Waals surface area contributed by atoms with Gasteiger partial charge >= 0.3 is 5.97 Å². The number of nitrogens with one attached hydrogen (secondary N) is 1. The maximum atomic E-state index is 12.6. The summed E-state index contributed by atoms with van der Waals surface area (Å²) in [6, 6.07) is 6.04. The molecule has 1 aliphatic rings. The fourth-order valence-corrected chi connectivity index (χ4v) is 3.00. The zero-order valence-corrected chi connectivity index (χ0v) is 13.2. The van der Waals surface area contributed by atoms with Crippen LogP contribution in [0.1, 0.15) is 12.8 Å². The van der Waals surface area contributed by atoms with E-state index in [-0.39, 0.29) is 17.7 Å². The summed E-state index contributed by atoms with van der Waals surface area (Å²) in [5.74, 6) is -1.07. The molecular weight excluding hydrogens is 318 g/mol. The van der Waals surface area contributed by atoms with E-state index in [9.17, 15) is 14.7 Å². The molecule has 8 heteroatoms. The fourth-order valence-electron chi connectivity index (χ4n) is 2.76. The maximum absolute atomic E-state index is 12.6. The molecule has 0 saturated carbocycles. The highest BCUT2D eigenvalue weighted by molar-refractivity contribution is 7.80. The number of hydrogen-bond donors (Lipinski definition) is 3. The van der Waals surface area contributed by atoms with Crippen molar-refractivity contribution in [2.45, 2.75) is 24.9 Å². The highest BCUT2D eigenvalue weighted by Crippen LogP contribution is 2.22. The minimum atomic E-state index is -0.976. The first-order valence-corrected chi connectivity index (χ1v) is 7.99. The Bertz CT molecular complexity index is 699. The summed E-state index contributed by atoms with van der Waals surface area (Å²) in [5, 5.41) is 12.1. The molecule has 1 aliphatic heterocycles. The van der Waals surface area contributed by atoms with E-state index in [4.69, 9.17) is 4.42 Å². The molecule has 0 aliphatic carbocycles. The summed E-state index contributed by atoms with van der Waals surface area (Å²) in [5.41, 5.74) is 1.30. The van der Waals surface area contributed by atoms with Gasteiger partial charge in [-0.15, -0.1) is 0 Å². The Morgan fingerprint density at radius 3 is 2.96 bits per heavy atom. The Morgan fingerprint density at radius 1 is 1.48 bits per heavy atom. The lowest BCUT2D eigenvalue weighted by Gasteiger charge is -2.26. The van der Waals surface area contributed by atoms with Gasteiger partial charge in [0.2, 0.25) is 5.91 Å². The van der Waals surface area contributed by atoms with Crippen molar-refractivity contribution in [2.24, 2.45) is 0 Å². The summed E-state index contributed by atoms with van der Waals surface area (Å²) < 4.78 is 5.54. The van der Waals surface area contributed by atoms with Crippen molar-refractivity contribution in [2.75, 3.05) is 17.6 Å². The zero-order valence-electron chi connectivity index (χ0n) is 12.3. The van der Waals surface area contributed by atoms with Gasteiger partial charge in [0.15, 0.2) is 5.58 Å². The van der Waals surface area contributed by atoms with Crippen molar-refractivity contribution in [1.82, 2.24) is 9.88 Å². The van der Waals surface area contributed by atoms with Crippen LogP contribution in [0.4, 0.5) is 6.01 Å². The number of carbonyl (C=O) groups excluding carboxylic acids is 1. The van der Waals surface area contributed by atoms with Crippen LogP contribution in [-0.4, -0.2) is 51.2 Å². The number of oxazole rings is 1. The van der Waals surface area contributed by atoms with Crippen molar-refractivity contribution >= 4 is 41.6 Å². The third-order valence-electron chi connectivity index (χ3n) is 3.89. The van der Waals surface area contributed by atoms with Crippen molar-refractivity contribution in [3.8, 4) is 0 Å². The maximum Gasteiger partial charge on any atom is 0.326 e. The molecule has 2 atom stereocenters. The molecule has 1 amide bonds. The molecule has 2 N–H and O–H groups in total. The molecule has 1 aromatic carbocycles. The number of aromatic nitrogens is 1. The number of amides is 1. The number of rotatable bonds is 5. The summed E-state index contributed by atoms with van der Waals surface area (Å²) in [4.78, 5) is 29.5. The Kier molecular flexibility index (Phi) is 4.42. The highest BCUT2D eigenvalue weighted by Gasteiger charge is 2.37. The van der Waals surface area contributed by atoms with Crippen LogP contribution in [0.5, 0.6) is 0 Å². The summed E-state index contributed by atoms with van der Waals surface area (Å²) in [6.07, 6.45) is 1.16. The monoisotopic (exact) mass is 335 g/mol. The van der Waals surface area contributed by atoms with E-state index in [2.05, 4.69) is 22.9 Å². The van der Waals surface area contributed by atoms with E-state index in [1.165, 1.54) is 4.90 Å². The molecule has 23 heavy (non-hydrogen) atoms. The number of carboxylic acid groups (broad SMARTS) is 1. The Labute approximate surface area is 138 Å². The molecule has 1 aromatic heterocycles. The third kappa shape index (κ3) is 3.12. The second kappa shape index (κ2) is 6.49. The van der Waals surface area contributed by atoms with Gasteiger partial charge in [0.05, 0.1) is 0 Å². The standard InChI is InChI=1S/C15H17N3O4S/c19-13(18-7-3-5-11(18)14(20)21)10(8-23)17-15-16-9-4-1-2-6-12(9)22-15/h1-2,4,6,10-11,23H,3,5,7-8H2,(H,16,17)(H,20,21)/t10-,11?/m1/s1. The highest BCUT2D eigenvalue weighted by atomic mass is 32.1. The molecule has 122 valence electrons. The molecule has 0 radical (unpaired) electrons. The van der Waals surface area contributed by atoms with E-state index < -0.39 is 18.1 Å². The minimum Gasteiger partial charge on any atom is -0.480 e. The summed E-state index contributed by atoms with van der Waals surface area (Å²) >= 11 is 4.20. The fraction of sp³-hybridized carbons (Fsp3) is 0.400. The molecule has 3 rings (SSSR count). The molecule has 1 fully saturated rings. The van der Waals surface area contributed by atoms with E-state index in [1.807, 2.05) is 18.2 Å². The van der Waals surface area contributed by atoms with Crippen molar-refractivity contribution in [3.05, 3.63) is 24.3 Å². The first-order valence-electron chi connectivity index (χ1n) is 7.36. The van der Waals surface area contributed by atoms with Gasteiger partial charge < -0.3 is 19.7 Å². The number of carboxylic acids is 1. The molecule has 0 bridgehead atoms. The third-order valence-corrected chi connectivity index (χ3v) is 4.26. The molecular formula is C15H17N3O4S. The molecule has 1 unspecified atom stereocenters. The van der Waals surface area contributed by atoms with Crippen LogP contribution in [-0.2, 0) is 9.59 Å². The van der Waals surface area contributed by atoms with E-state index in [0.29, 0.717) is 30.5 Å². The van der Waals surface area contributed by atoms with E-state index in [0.717, 1.165) is 0 Å². The van der Waals surface area contributed by atoms with Crippen molar-refractivity contribution in [3.63, 3.8) is 0 Å². The minimum absolute atomic E-state index is 0.209. The number of aliphatic carboxylic acids is 1. The molecule has 2 aromatic rings. The zero-order chi connectivity index (χ0) is 16.4. The summed E-state index contributed by atoms with van der Waals surface area (Å²) in [6.45, 7) is 0.440. The Morgan fingerprint density at radius 2 is 2.26 bits per heavy atom. The van der Waals surface area contributed by atoms with Crippen molar-refractivity contribution in [1.29, 1.82) is 0 Å². The van der Waals surface area contributed by atoms with Crippen LogP contribution < -0.4 is 5.32 Å². The van der Waals surface area contributed by atoms with E-state index >= 15 is 0 Å². The van der Waals surface area contributed by atoms with Crippen LogP contribution >= 0.6 is 12.6 Å². The Balaban J connectivity index is 1.76. The van der Waals surface area contributed by atoms with Gasteiger partial charge in [-0.05, 0) is 25.0 Å². The number of benzene rings is 1. The van der Waals surface area contributed by atoms with Gasteiger partial charge in [-0.3, -0.25) is 4.79 Å². The van der Waals surface area contributed by atoms with Crippen LogP contribution in [0.15, 0.2) is 28.7 Å². The van der Waals surface area contributed by atoms with Gasteiger partial charge in [-0.1, -0.05) is 12.1 Å². The average Bonchev–Trinajstić information content (AvgIpc) is 3.17. The first kappa shape index (κ1) is 15.7. The lowest BCUT2D eigenvalue weighted by molar-refractivity contribution is -0.148. The molecule has 1 saturated heterocycles. The number of fused-ring (bicyclic) bond motifs is 1. The number of thiol groups is 1. The molecule has 7 nitrogen and oxygen atoms in total. The van der Waals surface area contributed by atoms with Gasteiger partial charge in [0.1, 0.15) is 17.6 Å². The predicted molar refractivity (Wildman–Crippen MR) is 87.6 cm³/mol. The number of nitrogens with zero attached hydrogens (tertiary/aromatic N) is 2. The van der Waals surface area contributed by atoms with E-state index in [1.54, 1.807) is 6.07 Å². The second-order valence-electron chi connectivity index (χ2n) is 5.39. The smallest absolute Gasteiger partial charge is 0.326 e. The number of carbonyl (C=O) groups is 2. The SMILES string of the molecule is O=C(O)C1CCCN1C(=O)[C@@H](CS)Nc1nc2ccccc2o1. The number of likely N-dealkylation sites (tertiary alicyclic amines) is 1. The first-order chi connectivity index (χ1) is 11.1. The average molecular weight is 335 g/mol. The van der Waals surface area contributed by atoms with Gasteiger partial charge in [0.25, 0.3) is 6.01 Å². The number of hydrogen-bond acceptors (Lipinski definition) is 6. The number of para-hydroxylation sites is 2. The quantitative estimate of drug-likeness (QED) is 0.719. The second-order valence-corrected chi connectivity index (χ2v) is 5.76. The van der Waals surface area contributed by atoms with Crippen molar-refractivity contribution < 1.29 is 19.1 Å². The normalized spacial score (nSPS) is 19.0. The molecule has 2 heterocycles. The van der Waals surface area contributed by atoms with Crippen LogP contribution in [0.2, 0.25) is 0 Å².